The van der Waals surface area contributed by atoms with Gasteiger partial charge in [0.05, 0.1) is 23.1 Å². The summed E-state index contributed by atoms with van der Waals surface area (Å²) in [6, 6.07) is 3.88. The van der Waals surface area contributed by atoms with Crippen LogP contribution in [0.2, 0.25) is 5.02 Å². The van der Waals surface area contributed by atoms with Gasteiger partial charge in [-0.1, -0.05) is 11.6 Å². The molecule has 0 fully saturated rings. The number of carbonyl (C=O) groups is 1. The number of nitrogens with zero attached hydrogens (tertiary/aromatic N) is 2. The molecule has 1 heterocycles. The van der Waals surface area contributed by atoms with Crippen molar-refractivity contribution in [2.45, 2.75) is 11.8 Å². The lowest BCUT2D eigenvalue weighted by molar-refractivity contribution is 0.0698. The van der Waals surface area contributed by atoms with Gasteiger partial charge in [0, 0.05) is 12.1 Å². The number of rotatable bonds is 4. The Bertz CT molecular complexity index is 814. The number of nitrogens with one attached hydrogen (secondary N) is 1. The molecule has 2 rings (SSSR count). The zero-order chi connectivity index (χ0) is 15.8. The summed E-state index contributed by atoms with van der Waals surface area (Å²) in [5.41, 5.74) is 0.149. The maximum Gasteiger partial charge on any atom is 0.337 e. The van der Waals surface area contributed by atoms with Gasteiger partial charge in [-0.25, -0.2) is 13.2 Å². The van der Waals surface area contributed by atoms with Crippen molar-refractivity contribution in [3.05, 3.63) is 40.7 Å². The molecule has 0 amide bonds. The van der Waals surface area contributed by atoms with Gasteiger partial charge in [-0.3, -0.25) is 9.40 Å². The third kappa shape index (κ3) is 3.01. The Balaban J connectivity index is 2.47. The molecule has 0 spiro atoms. The predicted octanol–water partition coefficient (Wildman–Crippen LogP) is 1.88. The van der Waals surface area contributed by atoms with Gasteiger partial charge in [0.15, 0.2) is 0 Å². The summed E-state index contributed by atoms with van der Waals surface area (Å²) < 4.78 is 28.3. The van der Waals surface area contributed by atoms with Crippen molar-refractivity contribution < 1.29 is 18.3 Å². The number of aromatic carboxylic acids is 1. The summed E-state index contributed by atoms with van der Waals surface area (Å²) >= 11 is 5.72. The lowest BCUT2D eigenvalue weighted by Gasteiger charge is -2.10. The van der Waals surface area contributed by atoms with E-state index in [4.69, 9.17) is 16.7 Å². The fraction of sp³-hybridized carbons (Fsp3) is 0.167. The van der Waals surface area contributed by atoms with Crippen LogP contribution in [-0.4, -0.2) is 29.3 Å². The number of hydrogen-bond acceptors (Lipinski definition) is 4. The number of aromatic nitrogens is 2. The number of halogens is 1. The molecule has 2 N–H and O–H groups in total. The summed E-state index contributed by atoms with van der Waals surface area (Å²) in [5, 5.41) is 13.2. The van der Waals surface area contributed by atoms with Crippen LogP contribution in [0.1, 0.15) is 16.1 Å². The van der Waals surface area contributed by atoms with E-state index in [1.54, 1.807) is 14.0 Å². The second kappa shape index (κ2) is 5.38. The second-order valence-electron chi connectivity index (χ2n) is 4.32. The van der Waals surface area contributed by atoms with Crippen LogP contribution in [-0.2, 0) is 17.1 Å². The van der Waals surface area contributed by atoms with E-state index in [0.29, 0.717) is 5.69 Å². The maximum atomic E-state index is 12.3. The van der Waals surface area contributed by atoms with Crippen molar-refractivity contribution >= 4 is 33.3 Å². The third-order valence-corrected chi connectivity index (χ3v) is 4.64. The molecule has 9 heteroatoms. The molecule has 0 saturated carbocycles. The van der Waals surface area contributed by atoms with Gasteiger partial charge in [0.25, 0.3) is 10.0 Å². The number of sulfonamides is 1. The van der Waals surface area contributed by atoms with E-state index >= 15 is 0 Å². The van der Waals surface area contributed by atoms with E-state index < -0.39 is 16.0 Å². The maximum absolute atomic E-state index is 12.3. The quantitative estimate of drug-likeness (QED) is 0.891. The lowest BCUT2D eigenvalue weighted by Crippen LogP contribution is -2.16. The van der Waals surface area contributed by atoms with Crippen molar-refractivity contribution in [3.8, 4) is 0 Å². The molecule has 0 radical (unpaired) electrons. The average molecular weight is 330 g/mol. The fourth-order valence-electron chi connectivity index (χ4n) is 1.72. The Hall–Kier alpha value is -2.06. The smallest absolute Gasteiger partial charge is 0.337 e. The topological polar surface area (TPSA) is 101 Å². The molecular weight excluding hydrogens is 318 g/mol. The molecule has 1 aromatic heterocycles. The Morgan fingerprint density at radius 2 is 2.10 bits per heavy atom. The zero-order valence-corrected chi connectivity index (χ0v) is 12.7. The van der Waals surface area contributed by atoms with Gasteiger partial charge in [-0.15, -0.1) is 0 Å². The molecule has 0 saturated heterocycles. The summed E-state index contributed by atoms with van der Waals surface area (Å²) in [4.78, 5) is 11.1. The Kier molecular flexibility index (Phi) is 3.93. The normalized spacial score (nSPS) is 11.4. The van der Waals surface area contributed by atoms with Crippen molar-refractivity contribution in [1.82, 2.24) is 9.78 Å². The molecule has 0 aliphatic rings. The molecule has 1 aromatic carbocycles. The molecule has 0 bridgehead atoms. The second-order valence-corrected chi connectivity index (χ2v) is 6.41. The van der Waals surface area contributed by atoms with Gasteiger partial charge in [-0.2, -0.15) is 5.10 Å². The Morgan fingerprint density at radius 3 is 2.62 bits per heavy atom. The average Bonchev–Trinajstić information content (AvgIpc) is 2.72. The van der Waals surface area contributed by atoms with Crippen LogP contribution < -0.4 is 4.72 Å². The first-order valence-corrected chi connectivity index (χ1v) is 7.63. The van der Waals surface area contributed by atoms with E-state index in [1.165, 1.54) is 29.1 Å². The third-order valence-electron chi connectivity index (χ3n) is 2.94. The minimum absolute atomic E-state index is 0.0173. The summed E-state index contributed by atoms with van der Waals surface area (Å²) in [5.74, 6) is -1.28. The van der Waals surface area contributed by atoms with Crippen LogP contribution in [0.4, 0.5) is 5.69 Å². The van der Waals surface area contributed by atoms with Crippen molar-refractivity contribution in [3.63, 3.8) is 0 Å². The van der Waals surface area contributed by atoms with Gasteiger partial charge < -0.3 is 5.11 Å². The van der Waals surface area contributed by atoms with Crippen LogP contribution in [0.5, 0.6) is 0 Å². The van der Waals surface area contributed by atoms with Gasteiger partial charge in [0.1, 0.15) is 4.90 Å². The zero-order valence-electron chi connectivity index (χ0n) is 11.2. The highest BCUT2D eigenvalue weighted by Crippen LogP contribution is 2.24. The minimum Gasteiger partial charge on any atom is -0.478 e. The summed E-state index contributed by atoms with van der Waals surface area (Å²) in [6.45, 7) is 1.60. The van der Waals surface area contributed by atoms with Gasteiger partial charge in [0.2, 0.25) is 0 Å². The highest BCUT2D eigenvalue weighted by Gasteiger charge is 2.22. The van der Waals surface area contributed by atoms with Crippen LogP contribution >= 0.6 is 11.6 Å². The number of hydrogen-bond donors (Lipinski definition) is 2. The Labute approximate surface area is 126 Å². The van der Waals surface area contributed by atoms with Crippen molar-refractivity contribution in [1.29, 1.82) is 0 Å². The number of carboxylic acids is 1. The van der Waals surface area contributed by atoms with Crippen molar-refractivity contribution in [2.75, 3.05) is 4.72 Å². The molecule has 21 heavy (non-hydrogen) atoms. The Morgan fingerprint density at radius 1 is 1.43 bits per heavy atom. The highest BCUT2D eigenvalue weighted by atomic mass is 35.5. The molecule has 0 atom stereocenters. The summed E-state index contributed by atoms with van der Waals surface area (Å²) in [6.07, 6.45) is 1.20. The van der Waals surface area contributed by atoms with Crippen LogP contribution in [0.3, 0.4) is 0 Å². The highest BCUT2D eigenvalue weighted by molar-refractivity contribution is 7.92. The van der Waals surface area contributed by atoms with E-state index in [9.17, 15) is 13.2 Å². The molecular formula is C12H12ClN3O4S. The predicted molar refractivity (Wildman–Crippen MR) is 77.2 cm³/mol. The number of aryl methyl sites for hydroxylation is 1. The molecule has 0 aliphatic carbocycles. The number of carboxylic acid groups (broad SMARTS) is 1. The SMILES string of the molecule is Cc1c(S(=O)(=O)Nc2ccc(Cl)cc2C(=O)O)cnn1C. The molecule has 0 aliphatic heterocycles. The fourth-order valence-corrected chi connectivity index (χ4v) is 3.18. The number of anilines is 1. The van der Waals surface area contributed by atoms with E-state index in [0.717, 1.165) is 0 Å². The minimum atomic E-state index is -3.93. The first-order chi connectivity index (χ1) is 9.72. The van der Waals surface area contributed by atoms with Crippen LogP contribution in [0, 0.1) is 6.92 Å². The molecule has 112 valence electrons. The molecule has 0 unspecified atom stereocenters. The van der Waals surface area contributed by atoms with E-state index in [-0.39, 0.29) is 21.2 Å². The van der Waals surface area contributed by atoms with Crippen LogP contribution in [0.25, 0.3) is 0 Å². The van der Waals surface area contributed by atoms with E-state index in [1.807, 2.05) is 0 Å². The van der Waals surface area contributed by atoms with Crippen molar-refractivity contribution in [2.24, 2.45) is 7.05 Å². The standard InChI is InChI=1S/C12H12ClN3O4S/c1-7-11(6-14-16(7)2)21(19,20)15-10-4-3-8(13)5-9(10)12(17)18/h3-6,15H,1-2H3,(H,17,18). The van der Waals surface area contributed by atoms with E-state index in [2.05, 4.69) is 9.82 Å². The molecule has 7 nitrogen and oxygen atoms in total. The largest absolute Gasteiger partial charge is 0.478 e. The summed E-state index contributed by atoms with van der Waals surface area (Å²) in [7, 11) is -2.32. The number of benzene rings is 1. The lowest BCUT2D eigenvalue weighted by atomic mass is 10.2. The molecule has 2 aromatic rings. The first-order valence-electron chi connectivity index (χ1n) is 5.76. The van der Waals surface area contributed by atoms with Crippen LogP contribution in [0.15, 0.2) is 29.3 Å². The first kappa shape index (κ1) is 15.3. The van der Waals surface area contributed by atoms with Gasteiger partial charge in [-0.05, 0) is 25.1 Å². The monoisotopic (exact) mass is 329 g/mol. The van der Waals surface area contributed by atoms with Gasteiger partial charge >= 0.3 is 5.97 Å².